The Morgan fingerprint density at radius 2 is 1.83 bits per heavy atom. The van der Waals surface area contributed by atoms with Crippen molar-refractivity contribution in [1.82, 2.24) is 4.90 Å². The van der Waals surface area contributed by atoms with Gasteiger partial charge in [0.25, 0.3) is 0 Å². The van der Waals surface area contributed by atoms with Crippen LogP contribution in [0.25, 0.3) is 0 Å². The van der Waals surface area contributed by atoms with Crippen LogP contribution in [0.5, 0.6) is 0 Å². The summed E-state index contributed by atoms with van der Waals surface area (Å²) in [6.07, 6.45) is 4.21. The standard InChI is InChI=1S/C23H24F2N2O2/c24-19-10-8-16(9-11-19)14-27(23(28)17-4-1-2-5-17)15-21-13-22(26-29-21)18-6-3-7-20(25)12-18/h3,6-12,17,21H,1-2,4-5,13-15H2/t21-/m1/s1. The molecule has 2 aromatic rings. The van der Waals surface area contributed by atoms with Crippen molar-refractivity contribution in [3.05, 3.63) is 71.3 Å². The number of nitrogens with zero attached hydrogens (tertiary/aromatic N) is 2. The summed E-state index contributed by atoms with van der Waals surface area (Å²) in [4.78, 5) is 20.5. The van der Waals surface area contributed by atoms with Crippen molar-refractivity contribution in [2.45, 2.75) is 44.8 Å². The van der Waals surface area contributed by atoms with Gasteiger partial charge in [0.2, 0.25) is 5.91 Å². The molecule has 0 spiro atoms. The monoisotopic (exact) mass is 398 g/mol. The number of rotatable bonds is 6. The second-order valence-corrected chi connectivity index (χ2v) is 7.81. The van der Waals surface area contributed by atoms with Crippen LogP contribution in [0.3, 0.4) is 0 Å². The number of carbonyl (C=O) groups excluding carboxylic acids is 1. The summed E-state index contributed by atoms with van der Waals surface area (Å²) in [6, 6.07) is 12.5. The van der Waals surface area contributed by atoms with Crippen LogP contribution >= 0.6 is 0 Å². The summed E-state index contributed by atoms with van der Waals surface area (Å²) in [5.41, 5.74) is 2.26. The fourth-order valence-electron chi connectivity index (χ4n) is 4.08. The van der Waals surface area contributed by atoms with Gasteiger partial charge in [0.15, 0.2) is 6.10 Å². The molecule has 1 atom stereocenters. The highest BCUT2D eigenvalue weighted by Crippen LogP contribution is 2.28. The van der Waals surface area contributed by atoms with Crippen molar-refractivity contribution in [2.24, 2.45) is 11.1 Å². The summed E-state index contributed by atoms with van der Waals surface area (Å²) < 4.78 is 26.7. The van der Waals surface area contributed by atoms with Crippen molar-refractivity contribution in [2.75, 3.05) is 6.54 Å². The molecule has 0 aromatic heterocycles. The summed E-state index contributed by atoms with van der Waals surface area (Å²) in [7, 11) is 0. The van der Waals surface area contributed by atoms with E-state index in [2.05, 4.69) is 5.16 Å². The molecule has 0 bridgehead atoms. The molecule has 2 aliphatic rings. The van der Waals surface area contributed by atoms with E-state index < -0.39 is 0 Å². The Morgan fingerprint density at radius 1 is 1.07 bits per heavy atom. The van der Waals surface area contributed by atoms with Gasteiger partial charge in [-0.15, -0.1) is 0 Å². The second-order valence-electron chi connectivity index (χ2n) is 7.81. The molecule has 1 fully saturated rings. The van der Waals surface area contributed by atoms with Crippen molar-refractivity contribution in [3.63, 3.8) is 0 Å². The van der Waals surface area contributed by atoms with Crippen LogP contribution in [0.4, 0.5) is 8.78 Å². The van der Waals surface area contributed by atoms with Gasteiger partial charge in [-0.1, -0.05) is 42.3 Å². The Bertz CT molecular complexity index is 892. The quantitative estimate of drug-likeness (QED) is 0.709. The largest absolute Gasteiger partial charge is 0.390 e. The highest BCUT2D eigenvalue weighted by Gasteiger charge is 2.31. The zero-order valence-corrected chi connectivity index (χ0v) is 16.2. The summed E-state index contributed by atoms with van der Waals surface area (Å²) >= 11 is 0. The topological polar surface area (TPSA) is 41.9 Å². The van der Waals surface area contributed by atoms with Crippen LogP contribution in [-0.2, 0) is 16.2 Å². The molecule has 1 aliphatic heterocycles. The SMILES string of the molecule is O=C(C1CCCC1)N(Cc1ccc(F)cc1)C[C@H]1CC(c2cccc(F)c2)=NO1. The lowest BCUT2D eigenvalue weighted by atomic mass is 10.0. The van der Waals surface area contributed by atoms with Crippen LogP contribution in [-0.4, -0.2) is 29.2 Å². The highest BCUT2D eigenvalue weighted by molar-refractivity contribution is 6.01. The first-order valence-electron chi connectivity index (χ1n) is 10.1. The maximum absolute atomic E-state index is 13.5. The van der Waals surface area contributed by atoms with Gasteiger partial charge < -0.3 is 9.74 Å². The third-order valence-electron chi connectivity index (χ3n) is 5.62. The van der Waals surface area contributed by atoms with Gasteiger partial charge in [0.1, 0.15) is 11.6 Å². The van der Waals surface area contributed by atoms with Crippen molar-refractivity contribution >= 4 is 11.6 Å². The molecule has 2 aromatic carbocycles. The molecule has 0 N–H and O–H groups in total. The first-order valence-corrected chi connectivity index (χ1v) is 10.1. The third-order valence-corrected chi connectivity index (χ3v) is 5.62. The number of amides is 1. The van der Waals surface area contributed by atoms with E-state index in [0.29, 0.717) is 30.8 Å². The molecule has 0 saturated heterocycles. The Labute approximate surface area is 169 Å². The molecule has 29 heavy (non-hydrogen) atoms. The molecule has 1 saturated carbocycles. The molecular weight excluding hydrogens is 374 g/mol. The predicted molar refractivity (Wildman–Crippen MR) is 106 cm³/mol. The fraction of sp³-hybridized carbons (Fsp3) is 0.391. The zero-order valence-electron chi connectivity index (χ0n) is 16.2. The third kappa shape index (κ3) is 4.81. The zero-order chi connectivity index (χ0) is 20.2. The average Bonchev–Trinajstić information content (AvgIpc) is 3.41. The van der Waals surface area contributed by atoms with Crippen LogP contribution in [0.15, 0.2) is 53.7 Å². The van der Waals surface area contributed by atoms with Gasteiger partial charge >= 0.3 is 0 Å². The smallest absolute Gasteiger partial charge is 0.226 e. The molecule has 6 heteroatoms. The Morgan fingerprint density at radius 3 is 2.55 bits per heavy atom. The molecule has 4 rings (SSSR count). The molecule has 4 nitrogen and oxygen atoms in total. The van der Waals surface area contributed by atoms with Crippen molar-refractivity contribution in [1.29, 1.82) is 0 Å². The number of benzene rings is 2. The number of carbonyl (C=O) groups is 1. The fourth-order valence-corrected chi connectivity index (χ4v) is 4.08. The molecule has 0 unspecified atom stereocenters. The van der Waals surface area contributed by atoms with Crippen LogP contribution in [0.2, 0.25) is 0 Å². The van der Waals surface area contributed by atoms with E-state index in [-0.39, 0.29) is 29.6 Å². The number of hydrogen-bond donors (Lipinski definition) is 0. The maximum atomic E-state index is 13.5. The van der Waals surface area contributed by atoms with E-state index in [1.807, 2.05) is 0 Å². The van der Waals surface area contributed by atoms with Gasteiger partial charge in [0.05, 0.1) is 12.3 Å². The lowest BCUT2D eigenvalue weighted by Gasteiger charge is -2.27. The Balaban J connectivity index is 1.45. The second kappa shape index (κ2) is 8.72. The Hall–Kier alpha value is -2.76. The first-order chi connectivity index (χ1) is 14.1. The number of halogens is 2. The van der Waals surface area contributed by atoms with E-state index >= 15 is 0 Å². The van der Waals surface area contributed by atoms with E-state index in [4.69, 9.17) is 4.84 Å². The lowest BCUT2D eigenvalue weighted by Crippen LogP contribution is -2.40. The van der Waals surface area contributed by atoms with E-state index in [1.54, 1.807) is 29.2 Å². The van der Waals surface area contributed by atoms with Crippen LogP contribution in [0.1, 0.15) is 43.2 Å². The normalized spacial score (nSPS) is 19.1. The van der Waals surface area contributed by atoms with Crippen LogP contribution < -0.4 is 0 Å². The molecule has 1 heterocycles. The predicted octanol–water partition coefficient (Wildman–Crippen LogP) is 4.68. The van der Waals surface area contributed by atoms with Gasteiger partial charge in [-0.05, 0) is 42.7 Å². The molecule has 1 aliphatic carbocycles. The van der Waals surface area contributed by atoms with Gasteiger partial charge in [0, 0.05) is 24.4 Å². The first kappa shape index (κ1) is 19.6. The average molecular weight is 398 g/mol. The summed E-state index contributed by atoms with van der Waals surface area (Å²) in [5.74, 6) is -0.451. The van der Waals surface area contributed by atoms with E-state index in [9.17, 15) is 13.6 Å². The minimum atomic E-state index is -0.317. The minimum absolute atomic E-state index is 0.0421. The summed E-state index contributed by atoms with van der Waals surface area (Å²) in [5, 5.41) is 4.12. The van der Waals surface area contributed by atoms with E-state index in [1.165, 1.54) is 24.3 Å². The Kier molecular flexibility index (Phi) is 5.88. The van der Waals surface area contributed by atoms with Crippen LogP contribution in [0, 0.1) is 17.6 Å². The summed E-state index contributed by atoms with van der Waals surface area (Å²) in [6.45, 7) is 0.805. The highest BCUT2D eigenvalue weighted by atomic mass is 19.1. The maximum Gasteiger partial charge on any atom is 0.226 e. The molecule has 152 valence electrons. The lowest BCUT2D eigenvalue weighted by molar-refractivity contribution is -0.137. The van der Waals surface area contributed by atoms with Gasteiger partial charge in [-0.25, -0.2) is 8.78 Å². The molecule has 0 radical (unpaired) electrons. The minimum Gasteiger partial charge on any atom is -0.390 e. The number of oxime groups is 1. The van der Waals surface area contributed by atoms with Crippen molar-refractivity contribution < 1.29 is 18.4 Å². The molecule has 1 amide bonds. The van der Waals surface area contributed by atoms with Gasteiger partial charge in [-0.2, -0.15) is 0 Å². The van der Waals surface area contributed by atoms with E-state index in [0.717, 1.165) is 31.2 Å². The van der Waals surface area contributed by atoms with Crippen molar-refractivity contribution in [3.8, 4) is 0 Å². The van der Waals surface area contributed by atoms with Gasteiger partial charge in [-0.3, -0.25) is 4.79 Å². The number of hydrogen-bond acceptors (Lipinski definition) is 3. The molecular formula is C23H24F2N2O2.